The second kappa shape index (κ2) is 4.92. The van der Waals surface area contributed by atoms with E-state index in [1.54, 1.807) is 6.92 Å². The average molecular weight is 286 g/mol. The summed E-state index contributed by atoms with van der Waals surface area (Å²) < 4.78 is 30.9. The Bertz CT molecular complexity index is 272. The van der Waals surface area contributed by atoms with Gasteiger partial charge in [0.05, 0.1) is 5.75 Å². The van der Waals surface area contributed by atoms with Crippen LogP contribution < -0.4 is 4.72 Å². The van der Waals surface area contributed by atoms with Gasteiger partial charge in [-0.15, -0.1) is 0 Å². The summed E-state index contributed by atoms with van der Waals surface area (Å²) in [6.45, 7) is 2.89. The van der Waals surface area contributed by atoms with Gasteiger partial charge in [-0.25, -0.2) is 13.1 Å². The number of alkyl halides is 1. The second-order valence-electron chi connectivity index (χ2n) is 3.53. The lowest BCUT2D eigenvalue weighted by Crippen LogP contribution is -2.53. The molecule has 0 radical (unpaired) electrons. The van der Waals surface area contributed by atoms with Crippen molar-refractivity contribution in [3.8, 4) is 0 Å². The number of nitrogens with one attached hydrogen (secondary N) is 1. The van der Waals surface area contributed by atoms with Crippen LogP contribution in [0.15, 0.2) is 0 Å². The third-order valence-electron chi connectivity index (χ3n) is 2.46. The van der Waals surface area contributed by atoms with E-state index >= 15 is 0 Å². The molecule has 0 aliphatic carbocycles. The second-order valence-corrected chi connectivity index (χ2v) is 6.10. The van der Waals surface area contributed by atoms with E-state index in [9.17, 15) is 8.42 Å². The number of halogens is 1. The molecule has 0 atom stereocenters. The van der Waals surface area contributed by atoms with Crippen LogP contribution in [0.1, 0.15) is 19.8 Å². The van der Waals surface area contributed by atoms with E-state index < -0.39 is 10.0 Å². The van der Waals surface area contributed by atoms with Crippen LogP contribution in [0.3, 0.4) is 0 Å². The highest BCUT2D eigenvalue weighted by molar-refractivity contribution is 9.09. The lowest BCUT2D eigenvalue weighted by Gasteiger charge is -2.35. The Morgan fingerprint density at radius 3 is 2.43 bits per heavy atom. The van der Waals surface area contributed by atoms with Gasteiger partial charge in [-0.05, 0) is 19.8 Å². The molecule has 6 heteroatoms. The van der Waals surface area contributed by atoms with Crippen LogP contribution in [-0.4, -0.2) is 38.3 Å². The maximum absolute atomic E-state index is 11.5. The molecular formula is C8H16BrNO3S. The summed E-state index contributed by atoms with van der Waals surface area (Å²) in [5, 5.41) is 0.641. The third kappa shape index (κ3) is 3.18. The Kier molecular flexibility index (Phi) is 4.36. The van der Waals surface area contributed by atoms with E-state index in [0.29, 0.717) is 18.5 Å². The maximum atomic E-state index is 11.5. The van der Waals surface area contributed by atoms with Crippen molar-refractivity contribution in [2.24, 2.45) is 0 Å². The summed E-state index contributed by atoms with van der Waals surface area (Å²) in [6, 6.07) is 0. The topological polar surface area (TPSA) is 55.4 Å². The largest absolute Gasteiger partial charge is 0.381 e. The maximum Gasteiger partial charge on any atom is 0.211 e. The molecule has 0 bridgehead atoms. The Labute approximate surface area is 93.6 Å². The van der Waals surface area contributed by atoms with Crippen LogP contribution in [0.2, 0.25) is 0 Å². The Balaban J connectivity index is 2.70. The van der Waals surface area contributed by atoms with Gasteiger partial charge in [0.1, 0.15) is 0 Å². The number of ether oxygens (including phenoxy) is 1. The first-order valence-corrected chi connectivity index (χ1v) is 7.46. The third-order valence-corrected chi connectivity index (χ3v) is 5.04. The van der Waals surface area contributed by atoms with Gasteiger partial charge in [-0.3, -0.25) is 0 Å². The molecular weight excluding hydrogens is 270 g/mol. The average Bonchev–Trinajstić information content (AvgIpc) is 2.19. The number of rotatable bonds is 4. The van der Waals surface area contributed by atoms with Crippen molar-refractivity contribution >= 4 is 26.0 Å². The van der Waals surface area contributed by atoms with Crippen LogP contribution >= 0.6 is 15.9 Å². The fourth-order valence-corrected chi connectivity index (χ4v) is 3.39. The summed E-state index contributed by atoms with van der Waals surface area (Å²) in [5.74, 6) is 0.128. The van der Waals surface area contributed by atoms with Crippen molar-refractivity contribution in [2.45, 2.75) is 25.3 Å². The number of hydrogen-bond acceptors (Lipinski definition) is 3. The summed E-state index contributed by atoms with van der Waals surface area (Å²) >= 11 is 3.37. The van der Waals surface area contributed by atoms with Gasteiger partial charge in [0.15, 0.2) is 0 Å². The highest BCUT2D eigenvalue weighted by Gasteiger charge is 2.34. The van der Waals surface area contributed by atoms with Crippen molar-refractivity contribution in [1.29, 1.82) is 0 Å². The van der Waals surface area contributed by atoms with Crippen molar-refractivity contribution < 1.29 is 13.2 Å². The van der Waals surface area contributed by atoms with E-state index in [1.807, 2.05) is 0 Å². The fourth-order valence-electron chi connectivity index (χ4n) is 1.43. The summed E-state index contributed by atoms with van der Waals surface area (Å²) in [7, 11) is -3.13. The van der Waals surface area contributed by atoms with Crippen LogP contribution in [0.4, 0.5) is 0 Å². The zero-order chi connectivity index (χ0) is 10.7. The van der Waals surface area contributed by atoms with E-state index in [-0.39, 0.29) is 11.3 Å². The summed E-state index contributed by atoms with van der Waals surface area (Å²) in [5.41, 5.74) is -0.340. The predicted octanol–water partition coefficient (Wildman–Crippen LogP) is 0.870. The fraction of sp³-hybridized carbons (Fsp3) is 1.00. The van der Waals surface area contributed by atoms with Gasteiger partial charge in [0, 0.05) is 24.1 Å². The van der Waals surface area contributed by atoms with Crippen molar-refractivity contribution in [3.63, 3.8) is 0 Å². The summed E-state index contributed by atoms with van der Waals surface area (Å²) in [4.78, 5) is 0. The van der Waals surface area contributed by atoms with E-state index in [1.165, 1.54) is 0 Å². The predicted molar refractivity (Wildman–Crippen MR) is 59.2 cm³/mol. The molecule has 1 fully saturated rings. The van der Waals surface area contributed by atoms with E-state index in [4.69, 9.17) is 4.74 Å². The first-order chi connectivity index (χ1) is 6.54. The number of sulfonamides is 1. The zero-order valence-electron chi connectivity index (χ0n) is 8.25. The van der Waals surface area contributed by atoms with Crippen molar-refractivity contribution in [2.75, 3.05) is 24.3 Å². The summed E-state index contributed by atoms with van der Waals surface area (Å²) in [6.07, 6.45) is 1.47. The molecule has 1 saturated heterocycles. The highest BCUT2D eigenvalue weighted by Crippen LogP contribution is 2.23. The minimum Gasteiger partial charge on any atom is -0.381 e. The minimum atomic E-state index is -3.13. The molecule has 14 heavy (non-hydrogen) atoms. The van der Waals surface area contributed by atoms with Gasteiger partial charge in [-0.1, -0.05) is 15.9 Å². The van der Waals surface area contributed by atoms with Crippen molar-refractivity contribution in [1.82, 2.24) is 4.72 Å². The molecule has 1 aliphatic rings. The Morgan fingerprint density at radius 2 is 2.00 bits per heavy atom. The van der Waals surface area contributed by atoms with Crippen LogP contribution in [-0.2, 0) is 14.8 Å². The SMILES string of the molecule is CCS(=O)(=O)NC1(CBr)CCOCC1. The number of hydrogen-bond donors (Lipinski definition) is 1. The van der Waals surface area contributed by atoms with Crippen LogP contribution in [0.5, 0.6) is 0 Å². The van der Waals surface area contributed by atoms with Gasteiger partial charge >= 0.3 is 0 Å². The zero-order valence-corrected chi connectivity index (χ0v) is 10.7. The molecule has 0 unspecified atom stereocenters. The molecule has 1 aliphatic heterocycles. The minimum absolute atomic E-state index is 0.128. The molecule has 0 aromatic carbocycles. The monoisotopic (exact) mass is 285 g/mol. The molecule has 0 amide bonds. The molecule has 1 heterocycles. The highest BCUT2D eigenvalue weighted by atomic mass is 79.9. The van der Waals surface area contributed by atoms with Gasteiger partial charge in [-0.2, -0.15) is 0 Å². The molecule has 84 valence electrons. The smallest absolute Gasteiger partial charge is 0.211 e. The molecule has 0 saturated carbocycles. The van der Waals surface area contributed by atoms with Crippen molar-refractivity contribution in [3.05, 3.63) is 0 Å². The van der Waals surface area contributed by atoms with E-state index in [2.05, 4.69) is 20.7 Å². The first kappa shape index (κ1) is 12.4. The van der Waals surface area contributed by atoms with Crippen LogP contribution in [0.25, 0.3) is 0 Å². The standard InChI is InChI=1S/C8H16BrNO3S/c1-2-14(11,12)10-8(7-9)3-5-13-6-4-8/h10H,2-7H2,1H3. The van der Waals surface area contributed by atoms with Gasteiger partial charge in [0.25, 0.3) is 0 Å². The lowest BCUT2D eigenvalue weighted by molar-refractivity contribution is 0.0557. The van der Waals surface area contributed by atoms with E-state index in [0.717, 1.165) is 12.8 Å². The molecule has 0 aromatic heterocycles. The normalized spacial score (nSPS) is 22.1. The molecule has 0 spiro atoms. The van der Waals surface area contributed by atoms with Crippen LogP contribution in [0, 0.1) is 0 Å². The Hall–Kier alpha value is 0.350. The molecule has 4 nitrogen and oxygen atoms in total. The quantitative estimate of drug-likeness (QED) is 0.780. The van der Waals surface area contributed by atoms with Gasteiger partial charge in [0.2, 0.25) is 10.0 Å². The molecule has 1 N–H and O–H groups in total. The lowest BCUT2D eigenvalue weighted by atomic mass is 9.94. The first-order valence-electron chi connectivity index (χ1n) is 4.69. The Morgan fingerprint density at radius 1 is 1.43 bits per heavy atom. The molecule has 1 rings (SSSR count). The molecule has 0 aromatic rings. The van der Waals surface area contributed by atoms with Gasteiger partial charge < -0.3 is 4.74 Å².